The molecule has 1 aromatic rings. The van der Waals surface area contributed by atoms with Crippen LogP contribution in [0, 0.1) is 0 Å². The molecule has 2 heterocycles. The van der Waals surface area contributed by atoms with Gasteiger partial charge in [-0.05, 0) is 6.07 Å². The molecule has 0 aliphatic carbocycles. The number of carbonyl (C=O) groups excluding carboxylic acids is 1. The Morgan fingerprint density at radius 2 is 2.67 bits per heavy atom. The van der Waals surface area contributed by atoms with Crippen molar-refractivity contribution >= 4 is 17.7 Å². The summed E-state index contributed by atoms with van der Waals surface area (Å²) in [4.78, 5) is 19.4. The molecule has 0 aromatic carbocycles. The highest BCUT2D eigenvalue weighted by molar-refractivity contribution is 7.99. The summed E-state index contributed by atoms with van der Waals surface area (Å²) < 4.78 is 0. The minimum absolute atomic E-state index is 0.0404. The van der Waals surface area contributed by atoms with E-state index in [0.29, 0.717) is 6.54 Å². The van der Waals surface area contributed by atoms with Crippen LogP contribution in [0.15, 0.2) is 18.6 Å². The minimum atomic E-state index is -0.0585. The Morgan fingerprint density at radius 1 is 1.73 bits per heavy atom. The largest absolute Gasteiger partial charge is 0.349 e. The van der Waals surface area contributed by atoms with Crippen molar-refractivity contribution in [3.05, 3.63) is 24.3 Å². The molecule has 5 nitrogen and oxygen atoms in total. The summed E-state index contributed by atoms with van der Waals surface area (Å²) in [5.74, 6) is 1.74. The molecule has 15 heavy (non-hydrogen) atoms. The van der Waals surface area contributed by atoms with Crippen LogP contribution in [0.3, 0.4) is 0 Å². The first-order valence-electron chi connectivity index (χ1n) is 4.70. The highest BCUT2D eigenvalue weighted by atomic mass is 32.2. The van der Waals surface area contributed by atoms with Gasteiger partial charge in [0.25, 0.3) is 0 Å². The van der Waals surface area contributed by atoms with Crippen LogP contribution in [-0.2, 0) is 11.3 Å². The molecule has 2 N–H and O–H groups in total. The lowest BCUT2D eigenvalue weighted by Gasteiger charge is -2.09. The molecule has 2 rings (SSSR count). The summed E-state index contributed by atoms with van der Waals surface area (Å²) in [6, 6.07) is 1.73. The van der Waals surface area contributed by atoms with Crippen LogP contribution in [0.1, 0.15) is 5.69 Å². The number of hydrogen-bond acceptors (Lipinski definition) is 5. The highest BCUT2D eigenvalue weighted by Crippen LogP contribution is 2.09. The van der Waals surface area contributed by atoms with Gasteiger partial charge in [0, 0.05) is 17.8 Å². The maximum Gasteiger partial charge on any atom is 0.238 e. The Hall–Kier alpha value is -1.14. The average Bonchev–Trinajstić information content (AvgIpc) is 2.81. The standard InChI is InChI=1S/C9H12N4OS/c14-9(8-4-15-6-13-8)11-3-7-1-2-10-5-12-7/h1-2,5,8,13H,3-4,6H2,(H,11,14). The molecule has 0 radical (unpaired) electrons. The third-order valence-corrected chi connectivity index (χ3v) is 3.06. The van der Waals surface area contributed by atoms with E-state index in [0.717, 1.165) is 17.3 Å². The molecule has 0 spiro atoms. The van der Waals surface area contributed by atoms with Crippen LogP contribution in [0.5, 0.6) is 0 Å². The van der Waals surface area contributed by atoms with E-state index in [1.807, 2.05) is 0 Å². The first-order valence-corrected chi connectivity index (χ1v) is 5.85. The van der Waals surface area contributed by atoms with Gasteiger partial charge in [-0.15, -0.1) is 11.8 Å². The van der Waals surface area contributed by atoms with E-state index in [4.69, 9.17) is 0 Å². The number of thioether (sulfide) groups is 1. The number of amides is 1. The normalized spacial score (nSPS) is 20.1. The van der Waals surface area contributed by atoms with Crippen molar-refractivity contribution in [1.82, 2.24) is 20.6 Å². The molecule has 1 amide bonds. The van der Waals surface area contributed by atoms with E-state index in [1.165, 1.54) is 6.33 Å². The van der Waals surface area contributed by atoms with Crippen molar-refractivity contribution in [2.75, 3.05) is 11.6 Å². The van der Waals surface area contributed by atoms with Gasteiger partial charge in [-0.2, -0.15) is 0 Å². The van der Waals surface area contributed by atoms with Crippen molar-refractivity contribution in [1.29, 1.82) is 0 Å². The Kier molecular flexibility index (Phi) is 3.52. The fraction of sp³-hybridized carbons (Fsp3) is 0.444. The molecule has 80 valence electrons. The van der Waals surface area contributed by atoms with Crippen molar-refractivity contribution < 1.29 is 4.79 Å². The zero-order chi connectivity index (χ0) is 10.5. The maximum absolute atomic E-state index is 11.6. The molecule has 1 atom stereocenters. The fourth-order valence-electron chi connectivity index (χ4n) is 1.29. The summed E-state index contributed by atoms with van der Waals surface area (Å²) in [6.07, 6.45) is 3.14. The van der Waals surface area contributed by atoms with Crippen LogP contribution < -0.4 is 10.6 Å². The third kappa shape index (κ3) is 2.90. The molecule has 1 aromatic heterocycles. The minimum Gasteiger partial charge on any atom is -0.349 e. The predicted octanol–water partition coefficient (Wildman–Crippen LogP) is -0.245. The van der Waals surface area contributed by atoms with Crippen LogP contribution in [0.4, 0.5) is 0 Å². The number of carbonyl (C=O) groups is 1. The Balaban J connectivity index is 1.80. The fourth-order valence-corrected chi connectivity index (χ4v) is 2.23. The second-order valence-corrected chi connectivity index (χ2v) is 4.22. The number of nitrogens with one attached hydrogen (secondary N) is 2. The van der Waals surface area contributed by atoms with Crippen molar-refractivity contribution in [2.24, 2.45) is 0 Å². The molecule has 1 aliphatic heterocycles. The monoisotopic (exact) mass is 224 g/mol. The number of aromatic nitrogens is 2. The second kappa shape index (κ2) is 5.09. The van der Waals surface area contributed by atoms with E-state index in [1.54, 1.807) is 24.0 Å². The molecular weight excluding hydrogens is 212 g/mol. The summed E-state index contributed by atoms with van der Waals surface area (Å²) >= 11 is 1.73. The molecule has 1 unspecified atom stereocenters. The highest BCUT2D eigenvalue weighted by Gasteiger charge is 2.21. The molecule has 1 saturated heterocycles. The van der Waals surface area contributed by atoms with Crippen molar-refractivity contribution in [2.45, 2.75) is 12.6 Å². The SMILES string of the molecule is O=C(NCc1ccncn1)C1CSCN1. The number of rotatable bonds is 3. The predicted molar refractivity (Wildman–Crippen MR) is 58.1 cm³/mol. The Bertz CT molecular complexity index is 326. The van der Waals surface area contributed by atoms with Gasteiger partial charge in [0.15, 0.2) is 0 Å². The first kappa shape index (κ1) is 10.4. The molecule has 1 fully saturated rings. The second-order valence-electron chi connectivity index (χ2n) is 3.19. The van der Waals surface area contributed by atoms with E-state index in [9.17, 15) is 4.79 Å². The van der Waals surface area contributed by atoms with Crippen LogP contribution in [0.2, 0.25) is 0 Å². The van der Waals surface area contributed by atoms with Crippen LogP contribution >= 0.6 is 11.8 Å². The lowest BCUT2D eigenvalue weighted by atomic mass is 10.3. The third-order valence-electron chi connectivity index (χ3n) is 2.12. The van der Waals surface area contributed by atoms with Crippen molar-refractivity contribution in [3.8, 4) is 0 Å². The van der Waals surface area contributed by atoms with E-state index in [2.05, 4.69) is 20.6 Å². The van der Waals surface area contributed by atoms with Gasteiger partial charge in [0.05, 0.1) is 18.3 Å². The number of nitrogens with zero attached hydrogens (tertiary/aromatic N) is 2. The van der Waals surface area contributed by atoms with Crippen LogP contribution in [-0.4, -0.2) is 33.5 Å². The molecule has 0 saturated carbocycles. The molecule has 0 bridgehead atoms. The summed E-state index contributed by atoms with van der Waals surface area (Å²) in [5, 5.41) is 5.95. The molecule has 6 heteroatoms. The number of hydrogen-bond donors (Lipinski definition) is 2. The smallest absolute Gasteiger partial charge is 0.238 e. The molecule has 1 aliphatic rings. The van der Waals surface area contributed by atoms with Gasteiger partial charge in [-0.3, -0.25) is 10.1 Å². The maximum atomic E-state index is 11.6. The van der Waals surface area contributed by atoms with Gasteiger partial charge >= 0.3 is 0 Å². The van der Waals surface area contributed by atoms with Crippen LogP contribution in [0.25, 0.3) is 0 Å². The van der Waals surface area contributed by atoms with E-state index in [-0.39, 0.29) is 11.9 Å². The lowest BCUT2D eigenvalue weighted by molar-refractivity contribution is -0.122. The Labute approximate surface area is 92.1 Å². The topological polar surface area (TPSA) is 66.9 Å². The summed E-state index contributed by atoms with van der Waals surface area (Å²) in [6.45, 7) is 0.462. The summed E-state index contributed by atoms with van der Waals surface area (Å²) in [5.41, 5.74) is 0.823. The van der Waals surface area contributed by atoms with E-state index >= 15 is 0 Å². The quantitative estimate of drug-likeness (QED) is 0.741. The van der Waals surface area contributed by atoms with Crippen molar-refractivity contribution in [3.63, 3.8) is 0 Å². The van der Waals surface area contributed by atoms with Gasteiger partial charge in [-0.25, -0.2) is 9.97 Å². The first-order chi connectivity index (χ1) is 7.36. The van der Waals surface area contributed by atoms with Gasteiger partial charge in [0.1, 0.15) is 6.33 Å². The van der Waals surface area contributed by atoms with Gasteiger partial charge in [0.2, 0.25) is 5.91 Å². The lowest BCUT2D eigenvalue weighted by Crippen LogP contribution is -2.41. The average molecular weight is 224 g/mol. The molecular formula is C9H12N4OS. The van der Waals surface area contributed by atoms with Gasteiger partial charge < -0.3 is 5.32 Å². The summed E-state index contributed by atoms with van der Waals surface area (Å²) in [7, 11) is 0. The van der Waals surface area contributed by atoms with E-state index < -0.39 is 0 Å². The zero-order valence-electron chi connectivity index (χ0n) is 8.14. The Morgan fingerprint density at radius 3 is 3.33 bits per heavy atom. The zero-order valence-corrected chi connectivity index (χ0v) is 8.96. The van der Waals surface area contributed by atoms with Gasteiger partial charge in [-0.1, -0.05) is 0 Å².